The van der Waals surface area contributed by atoms with Crippen LogP contribution in [0, 0.1) is 6.92 Å². The Morgan fingerprint density at radius 1 is 1.15 bits per heavy atom. The molecular formula is C22H22ClNO2. The van der Waals surface area contributed by atoms with Gasteiger partial charge in [-0.25, -0.2) is 0 Å². The minimum atomic E-state index is -0.336. The summed E-state index contributed by atoms with van der Waals surface area (Å²) < 4.78 is 1.63. The fraction of sp³-hybridized carbons (Fsp3) is 0.273. The highest BCUT2D eigenvalue weighted by Crippen LogP contribution is 2.36. The first-order valence-electron chi connectivity index (χ1n) is 8.82. The van der Waals surface area contributed by atoms with Gasteiger partial charge in [-0.15, -0.1) is 0 Å². The second-order valence-corrected chi connectivity index (χ2v) is 7.15. The van der Waals surface area contributed by atoms with E-state index in [0.29, 0.717) is 16.8 Å². The summed E-state index contributed by atoms with van der Waals surface area (Å²) in [4.78, 5) is 24.8. The number of carbonyl (C=O) groups is 1. The van der Waals surface area contributed by atoms with Gasteiger partial charge in [-0.3, -0.25) is 4.79 Å². The van der Waals surface area contributed by atoms with Crippen LogP contribution in [0.15, 0.2) is 47.3 Å². The van der Waals surface area contributed by atoms with Crippen LogP contribution in [-0.2, 0) is 11.8 Å². The highest BCUT2D eigenvalue weighted by atomic mass is 35.5. The zero-order chi connectivity index (χ0) is 18.8. The quantitative estimate of drug-likeness (QED) is 0.578. The molecule has 0 aliphatic heterocycles. The number of nitrogens with zero attached hydrogens (tertiary/aromatic N) is 1. The molecule has 0 aliphatic carbocycles. The van der Waals surface area contributed by atoms with E-state index in [9.17, 15) is 9.59 Å². The average molecular weight is 368 g/mol. The standard InChI is InChI=1S/C22H22ClNO2/c1-4-6-16(13-25)21-20(15-7-5-8-17(23)12-15)19-11-14(2)9-10-18(19)22(26)24(21)3/h5,7-13,16H,4,6H2,1-3H3. The molecule has 0 amide bonds. The van der Waals surface area contributed by atoms with E-state index < -0.39 is 0 Å². The predicted octanol–water partition coefficient (Wildman–Crippen LogP) is 5.25. The zero-order valence-electron chi connectivity index (χ0n) is 15.3. The number of aromatic nitrogens is 1. The average Bonchev–Trinajstić information content (AvgIpc) is 2.62. The number of carbonyl (C=O) groups excluding carboxylic acids is 1. The first kappa shape index (κ1) is 18.4. The van der Waals surface area contributed by atoms with Crippen LogP contribution in [0.1, 0.15) is 36.9 Å². The van der Waals surface area contributed by atoms with Gasteiger partial charge in [0.1, 0.15) is 6.29 Å². The van der Waals surface area contributed by atoms with Gasteiger partial charge < -0.3 is 9.36 Å². The molecule has 0 aliphatic rings. The molecule has 3 rings (SSSR count). The normalized spacial score (nSPS) is 12.3. The van der Waals surface area contributed by atoms with Gasteiger partial charge in [0.25, 0.3) is 5.56 Å². The van der Waals surface area contributed by atoms with E-state index in [2.05, 4.69) is 0 Å². The van der Waals surface area contributed by atoms with Gasteiger partial charge in [-0.2, -0.15) is 0 Å². The number of hydrogen-bond donors (Lipinski definition) is 0. The number of aryl methyl sites for hydroxylation is 1. The van der Waals surface area contributed by atoms with E-state index in [4.69, 9.17) is 11.6 Å². The molecule has 2 aromatic carbocycles. The van der Waals surface area contributed by atoms with Crippen LogP contribution < -0.4 is 5.56 Å². The SMILES string of the molecule is CCCC(C=O)c1c(-c2cccc(Cl)c2)c2cc(C)ccc2c(=O)n1C. The molecule has 1 unspecified atom stereocenters. The maximum Gasteiger partial charge on any atom is 0.258 e. The molecule has 0 radical (unpaired) electrons. The highest BCUT2D eigenvalue weighted by molar-refractivity contribution is 6.31. The summed E-state index contributed by atoms with van der Waals surface area (Å²) in [5.74, 6) is -0.336. The molecule has 0 bridgehead atoms. The lowest BCUT2D eigenvalue weighted by molar-refractivity contribution is -0.109. The Hall–Kier alpha value is -2.39. The van der Waals surface area contributed by atoms with E-state index in [0.717, 1.165) is 40.5 Å². The number of halogens is 1. The van der Waals surface area contributed by atoms with Crippen LogP contribution in [-0.4, -0.2) is 10.9 Å². The van der Waals surface area contributed by atoms with Gasteiger partial charge in [0.2, 0.25) is 0 Å². The lowest BCUT2D eigenvalue weighted by atomic mass is 9.89. The minimum Gasteiger partial charge on any atom is -0.314 e. The number of benzene rings is 2. The van der Waals surface area contributed by atoms with E-state index in [-0.39, 0.29) is 11.5 Å². The van der Waals surface area contributed by atoms with Gasteiger partial charge in [0, 0.05) is 28.7 Å². The van der Waals surface area contributed by atoms with Gasteiger partial charge >= 0.3 is 0 Å². The Morgan fingerprint density at radius 3 is 2.58 bits per heavy atom. The van der Waals surface area contributed by atoms with Crippen molar-refractivity contribution < 1.29 is 4.79 Å². The van der Waals surface area contributed by atoms with Crippen molar-refractivity contribution in [3.63, 3.8) is 0 Å². The van der Waals surface area contributed by atoms with Gasteiger partial charge in [0.05, 0.1) is 5.92 Å². The van der Waals surface area contributed by atoms with Crippen molar-refractivity contribution in [1.82, 2.24) is 4.57 Å². The minimum absolute atomic E-state index is 0.0799. The molecule has 1 heterocycles. The zero-order valence-corrected chi connectivity index (χ0v) is 16.0. The highest BCUT2D eigenvalue weighted by Gasteiger charge is 2.23. The molecule has 0 spiro atoms. The largest absolute Gasteiger partial charge is 0.314 e. The molecule has 3 aromatic rings. The van der Waals surface area contributed by atoms with E-state index in [1.165, 1.54) is 0 Å². The lowest BCUT2D eigenvalue weighted by Crippen LogP contribution is -2.24. The molecule has 0 N–H and O–H groups in total. The van der Waals surface area contributed by atoms with Crippen LogP contribution in [0.2, 0.25) is 5.02 Å². The summed E-state index contributed by atoms with van der Waals surface area (Å²) in [7, 11) is 1.75. The Morgan fingerprint density at radius 2 is 1.92 bits per heavy atom. The Labute approximate surface area is 158 Å². The van der Waals surface area contributed by atoms with Gasteiger partial charge in [-0.1, -0.05) is 54.8 Å². The number of rotatable bonds is 5. The summed E-state index contributed by atoms with van der Waals surface area (Å²) in [5.41, 5.74) is 3.58. The number of fused-ring (bicyclic) bond motifs is 1. The van der Waals surface area contributed by atoms with Crippen LogP contribution in [0.25, 0.3) is 21.9 Å². The van der Waals surface area contributed by atoms with Crippen LogP contribution in [0.3, 0.4) is 0 Å². The summed E-state index contributed by atoms with van der Waals surface area (Å²) in [6, 6.07) is 13.4. The Kier molecular flexibility index (Phi) is 5.28. The first-order valence-corrected chi connectivity index (χ1v) is 9.20. The van der Waals surface area contributed by atoms with Crippen LogP contribution >= 0.6 is 11.6 Å². The number of hydrogen-bond acceptors (Lipinski definition) is 2. The van der Waals surface area contributed by atoms with Crippen molar-refractivity contribution in [3.8, 4) is 11.1 Å². The molecule has 0 fully saturated rings. The summed E-state index contributed by atoms with van der Waals surface area (Å²) in [5, 5.41) is 2.15. The van der Waals surface area contributed by atoms with Crippen molar-refractivity contribution in [2.24, 2.45) is 7.05 Å². The van der Waals surface area contributed by atoms with Crippen molar-refractivity contribution >= 4 is 28.7 Å². The first-order chi connectivity index (χ1) is 12.5. The van der Waals surface area contributed by atoms with Crippen LogP contribution in [0.4, 0.5) is 0 Å². The third-order valence-corrected chi connectivity index (χ3v) is 5.06. The van der Waals surface area contributed by atoms with E-state index in [1.807, 2.05) is 56.3 Å². The molecule has 0 saturated carbocycles. The summed E-state index contributed by atoms with van der Waals surface area (Å²) in [6.07, 6.45) is 2.51. The van der Waals surface area contributed by atoms with Crippen molar-refractivity contribution in [2.45, 2.75) is 32.6 Å². The molecule has 3 nitrogen and oxygen atoms in total. The second kappa shape index (κ2) is 7.46. The Bertz CT molecular complexity index is 1040. The van der Waals surface area contributed by atoms with Gasteiger partial charge in [0.15, 0.2) is 0 Å². The van der Waals surface area contributed by atoms with Crippen molar-refractivity contribution in [1.29, 1.82) is 0 Å². The lowest BCUT2D eigenvalue weighted by Gasteiger charge is -2.22. The molecule has 26 heavy (non-hydrogen) atoms. The molecule has 0 saturated heterocycles. The summed E-state index contributed by atoms with van der Waals surface area (Å²) >= 11 is 6.24. The number of aldehydes is 1. The third kappa shape index (κ3) is 3.19. The maximum absolute atomic E-state index is 13.0. The molecule has 134 valence electrons. The van der Waals surface area contributed by atoms with E-state index >= 15 is 0 Å². The number of pyridine rings is 1. The smallest absolute Gasteiger partial charge is 0.258 e. The molecular weight excluding hydrogens is 346 g/mol. The fourth-order valence-corrected chi connectivity index (χ4v) is 3.80. The molecule has 4 heteroatoms. The topological polar surface area (TPSA) is 39.1 Å². The van der Waals surface area contributed by atoms with Crippen LogP contribution in [0.5, 0.6) is 0 Å². The summed E-state index contributed by atoms with van der Waals surface area (Å²) in [6.45, 7) is 4.04. The second-order valence-electron chi connectivity index (χ2n) is 6.72. The third-order valence-electron chi connectivity index (χ3n) is 4.83. The monoisotopic (exact) mass is 367 g/mol. The van der Waals surface area contributed by atoms with Crippen molar-refractivity contribution in [2.75, 3.05) is 0 Å². The predicted molar refractivity (Wildman–Crippen MR) is 108 cm³/mol. The van der Waals surface area contributed by atoms with Gasteiger partial charge in [-0.05, 0) is 42.5 Å². The Balaban J connectivity index is 2.51. The molecule has 1 aromatic heterocycles. The molecule has 1 atom stereocenters. The maximum atomic E-state index is 13.0. The van der Waals surface area contributed by atoms with E-state index in [1.54, 1.807) is 11.6 Å². The fourth-order valence-electron chi connectivity index (χ4n) is 3.61. The van der Waals surface area contributed by atoms with Crippen molar-refractivity contribution in [3.05, 3.63) is 69.1 Å².